The molecular weight excluding hydrogens is 460 g/mol. The van der Waals surface area contributed by atoms with Crippen molar-refractivity contribution in [2.45, 2.75) is 57.9 Å². The number of aliphatic hydroxyl groups is 1. The Bertz CT molecular complexity index is 1140. The van der Waals surface area contributed by atoms with Gasteiger partial charge in [-0.05, 0) is 43.4 Å². The number of amides is 2. The fourth-order valence-electron chi connectivity index (χ4n) is 6.25. The number of benzene rings is 1. The Labute approximate surface area is 211 Å². The van der Waals surface area contributed by atoms with Crippen molar-refractivity contribution >= 4 is 23.5 Å². The second-order valence-corrected chi connectivity index (χ2v) is 10.6. The number of hydrogen-bond acceptors (Lipinski definition) is 6. The second-order valence-electron chi connectivity index (χ2n) is 10.6. The first-order chi connectivity index (χ1) is 17.2. The Kier molecular flexibility index (Phi) is 6.29. The van der Waals surface area contributed by atoms with Gasteiger partial charge >= 0.3 is 5.97 Å². The molecule has 2 fully saturated rings. The topological polar surface area (TPSA) is 96.4 Å². The average Bonchev–Trinajstić information content (AvgIpc) is 3.20. The zero-order valence-corrected chi connectivity index (χ0v) is 21.2. The van der Waals surface area contributed by atoms with Crippen LogP contribution in [0.3, 0.4) is 0 Å². The van der Waals surface area contributed by atoms with Crippen LogP contribution in [-0.4, -0.2) is 71.3 Å². The summed E-state index contributed by atoms with van der Waals surface area (Å²) in [6.07, 6.45) is 7.28. The number of anilines is 1. The van der Waals surface area contributed by atoms with Crippen molar-refractivity contribution in [3.63, 3.8) is 0 Å². The van der Waals surface area contributed by atoms with Gasteiger partial charge in [0.1, 0.15) is 17.6 Å². The lowest BCUT2D eigenvalue weighted by Gasteiger charge is -2.40. The molecule has 0 radical (unpaired) electrons. The van der Waals surface area contributed by atoms with Crippen LogP contribution >= 0.6 is 0 Å². The molecule has 8 nitrogen and oxygen atoms in total. The summed E-state index contributed by atoms with van der Waals surface area (Å²) < 4.78 is 12.1. The van der Waals surface area contributed by atoms with Crippen LogP contribution in [0.15, 0.2) is 42.5 Å². The van der Waals surface area contributed by atoms with Gasteiger partial charge in [-0.3, -0.25) is 14.4 Å². The van der Waals surface area contributed by atoms with Crippen molar-refractivity contribution < 1.29 is 29.0 Å². The van der Waals surface area contributed by atoms with E-state index in [0.717, 1.165) is 16.8 Å². The van der Waals surface area contributed by atoms with Crippen LogP contribution in [-0.2, 0) is 23.9 Å². The van der Waals surface area contributed by atoms with Crippen LogP contribution in [0.25, 0.3) is 0 Å². The van der Waals surface area contributed by atoms with Crippen LogP contribution in [0.1, 0.15) is 31.4 Å². The number of carbonyl (C=O) groups is 3. The van der Waals surface area contributed by atoms with Crippen LogP contribution in [0, 0.1) is 31.6 Å². The molecule has 1 aromatic rings. The Morgan fingerprint density at radius 2 is 1.92 bits per heavy atom. The number of aryl methyl sites for hydroxylation is 2. The van der Waals surface area contributed by atoms with E-state index in [1.54, 1.807) is 4.90 Å². The molecule has 5 rings (SSSR count). The van der Waals surface area contributed by atoms with E-state index >= 15 is 0 Å². The molecule has 4 aliphatic heterocycles. The summed E-state index contributed by atoms with van der Waals surface area (Å²) in [5.74, 6) is -3.03. The lowest BCUT2D eigenvalue weighted by atomic mass is 9.77. The molecule has 0 saturated carbocycles. The predicted molar refractivity (Wildman–Crippen MR) is 133 cm³/mol. The molecule has 192 valence electrons. The third-order valence-corrected chi connectivity index (χ3v) is 8.03. The number of likely N-dealkylation sites (tertiary alicyclic amines) is 1. The maximum atomic E-state index is 14.4. The smallest absolute Gasteiger partial charge is 0.312 e. The number of carbonyl (C=O) groups excluding carboxylic acids is 3. The van der Waals surface area contributed by atoms with Gasteiger partial charge in [-0.25, -0.2) is 0 Å². The zero-order chi connectivity index (χ0) is 25.8. The predicted octanol–water partition coefficient (Wildman–Crippen LogP) is 2.31. The maximum Gasteiger partial charge on any atom is 0.312 e. The molecule has 1 spiro atoms. The lowest BCUT2D eigenvalue weighted by molar-refractivity contribution is -0.155. The first kappa shape index (κ1) is 24.7. The first-order valence-electron chi connectivity index (χ1n) is 12.7. The van der Waals surface area contributed by atoms with Crippen LogP contribution in [0.2, 0.25) is 0 Å². The number of cyclic esters (lactones) is 1. The molecule has 1 aromatic carbocycles. The molecule has 4 aliphatic rings. The molecular formula is C28H34N2O6. The van der Waals surface area contributed by atoms with Crippen molar-refractivity contribution in [3.05, 3.63) is 53.6 Å². The Morgan fingerprint density at radius 3 is 2.64 bits per heavy atom. The molecule has 8 heteroatoms. The lowest BCUT2D eigenvalue weighted by Crippen LogP contribution is -2.59. The molecule has 0 bridgehead atoms. The van der Waals surface area contributed by atoms with Gasteiger partial charge in [0.2, 0.25) is 5.91 Å². The standard InChI is InChI=1S/C28H34N2O6/c1-16(2)20(15-31)30-24-26(33)29(19-14-17(3)9-10-18(19)4)12-7-11-28(24)23(25(30)32)22-21(36-28)8-5-6-13-35-27(22)34/h5,7-11,14,16,20-24,31H,6,12-13,15H2,1-4H3/t20-,21-,22+,23-,24?,28-/m0/s1. The van der Waals surface area contributed by atoms with Gasteiger partial charge in [0, 0.05) is 12.2 Å². The third kappa shape index (κ3) is 3.61. The summed E-state index contributed by atoms with van der Waals surface area (Å²) >= 11 is 0. The van der Waals surface area contributed by atoms with E-state index in [-0.39, 0.29) is 30.9 Å². The van der Waals surface area contributed by atoms with Gasteiger partial charge < -0.3 is 24.4 Å². The minimum Gasteiger partial charge on any atom is -0.465 e. The summed E-state index contributed by atoms with van der Waals surface area (Å²) in [7, 11) is 0. The molecule has 2 amide bonds. The van der Waals surface area contributed by atoms with E-state index in [2.05, 4.69) is 0 Å². The molecule has 2 saturated heterocycles. The summed E-state index contributed by atoms with van der Waals surface area (Å²) in [6.45, 7) is 7.98. The largest absolute Gasteiger partial charge is 0.465 e. The highest BCUT2D eigenvalue weighted by Crippen LogP contribution is 2.54. The van der Waals surface area contributed by atoms with Gasteiger partial charge in [0.15, 0.2) is 0 Å². The minimum atomic E-state index is -1.34. The summed E-state index contributed by atoms with van der Waals surface area (Å²) in [5.41, 5.74) is 1.38. The highest BCUT2D eigenvalue weighted by molar-refractivity contribution is 6.06. The molecule has 4 heterocycles. The second kappa shape index (κ2) is 9.16. The Balaban J connectivity index is 1.68. The number of fused-ring (bicyclic) bond motifs is 2. The number of esters is 1. The number of rotatable bonds is 4. The highest BCUT2D eigenvalue weighted by Gasteiger charge is 2.72. The van der Waals surface area contributed by atoms with E-state index < -0.39 is 41.6 Å². The summed E-state index contributed by atoms with van der Waals surface area (Å²) in [6, 6.07) is 4.30. The SMILES string of the molecule is Cc1ccc(C)c(N2CC=C[C@]34O[C@H]5C=CCCOC(=O)[C@H]5[C@H]3C(=O)N([C@@H](CO)C(C)C)C4C2=O)c1. The van der Waals surface area contributed by atoms with E-state index in [9.17, 15) is 19.5 Å². The highest BCUT2D eigenvalue weighted by atomic mass is 16.6. The fraction of sp³-hybridized carbons (Fsp3) is 0.536. The quantitative estimate of drug-likeness (QED) is 0.510. The van der Waals surface area contributed by atoms with Gasteiger partial charge in [-0.1, -0.05) is 50.3 Å². The fourth-order valence-corrected chi connectivity index (χ4v) is 6.25. The maximum absolute atomic E-state index is 14.4. The molecule has 1 unspecified atom stereocenters. The molecule has 1 N–H and O–H groups in total. The van der Waals surface area contributed by atoms with Gasteiger partial charge in [-0.2, -0.15) is 0 Å². The van der Waals surface area contributed by atoms with E-state index in [1.165, 1.54) is 4.90 Å². The number of nitrogens with zero attached hydrogens (tertiary/aromatic N) is 2. The molecule has 0 aromatic heterocycles. The zero-order valence-electron chi connectivity index (χ0n) is 21.2. The Morgan fingerprint density at radius 1 is 1.14 bits per heavy atom. The van der Waals surface area contributed by atoms with E-state index in [0.29, 0.717) is 13.0 Å². The van der Waals surface area contributed by atoms with Gasteiger partial charge in [0.25, 0.3) is 5.91 Å². The molecule has 6 atom stereocenters. The van der Waals surface area contributed by atoms with Crippen molar-refractivity contribution in [1.82, 2.24) is 4.90 Å². The van der Waals surface area contributed by atoms with Crippen LogP contribution in [0.4, 0.5) is 5.69 Å². The van der Waals surface area contributed by atoms with Crippen LogP contribution < -0.4 is 4.90 Å². The normalized spacial score (nSPS) is 32.6. The minimum absolute atomic E-state index is 0.121. The van der Waals surface area contributed by atoms with Crippen LogP contribution in [0.5, 0.6) is 0 Å². The third-order valence-electron chi connectivity index (χ3n) is 8.03. The van der Waals surface area contributed by atoms with E-state index in [1.807, 2.05) is 70.2 Å². The molecule has 36 heavy (non-hydrogen) atoms. The first-order valence-corrected chi connectivity index (χ1v) is 12.7. The van der Waals surface area contributed by atoms with Crippen molar-refractivity contribution in [1.29, 1.82) is 0 Å². The average molecular weight is 495 g/mol. The Hall–Kier alpha value is -2.97. The summed E-state index contributed by atoms with van der Waals surface area (Å²) in [4.78, 5) is 45.0. The molecule has 0 aliphatic carbocycles. The number of hydrogen-bond donors (Lipinski definition) is 1. The van der Waals surface area contributed by atoms with Gasteiger partial charge in [0.05, 0.1) is 31.3 Å². The van der Waals surface area contributed by atoms with E-state index in [4.69, 9.17) is 9.47 Å². The summed E-state index contributed by atoms with van der Waals surface area (Å²) in [5, 5.41) is 10.3. The van der Waals surface area contributed by atoms with Crippen molar-refractivity contribution in [2.75, 3.05) is 24.7 Å². The van der Waals surface area contributed by atoms with Gasteiger partial charge in [-0.15, -0.1) is 0 Å². The van der Waals surface area contributed by atoms with Crippen molar-refractivity contribution in [3.8, 4) is 0 Å². The number of aliphatic hydroxyl groups excluding tert-OH is 1. The number of ether oxygens (including phenoxy) is 2. The monoisotopic (exact) mass is 494 g/mol. The van der Waals surface area contributed by atoms with Crippen molar-refractivity contribution in [2.24, 2.45) is 17.8 Å².